The minimum Gasteiger partial charge on any atom is -0.493 e. The number of aliphatic imine (C=N–C) groups is 1. The largest absolute Gasteiger partial charge is 0.493 e. The van der Waals surface area contributed by atoms with E-state index in [-0.39, 0.29) is 23.6 Å². The van der Waals surface area contributed by atoms with Gasteiger partial charge in [0.2, 0.25) is 5.91 Å². The third-order valence-corrected chi connectivity index (χ3v) is 8.63. The van der Waals surface area contributed by atoms with Crippen LogP contribution in [0.1, 0.15) is 36.4 Å². The van der Waals surface area contributed by atoms with Gasteiger partial charge in [-0.05, 0) is 41.9 Å². The first-order valence-corrected chi connectivity index (χ1v) is 14.2. The van der Waals surface area contributed by atoms with Crippen LogP contribution in [0.2, 0.25) is 0 Å². The van der Waals surface area contributed by atoms with E-state index >= 15 is 0 Å². The molecule has 3 heterocycles. The van der Waals surface area contributed by atoms with Gasteiger partial charge in [0.15, 0.2) is 21.0 Å². The molecule has 3 aliphatic heterocycles. The number of halogens is 1. The Morgan fingerprint density at radius 3 is 2.73 bits per heavy atom. The lowest BCUT2D eigenvalue weighted by Crippen LogP contribution is -2.29. The van der Waals surface area contributed by atoms with Crippen molar-refractivity contribution < 1.29 is 19.1 Å². The normalized spacial score (nSPS) is 19.2. The molecule has 1 atom stereocenters. The number of hydrogen-bond acceptors (Lipinski definition) is 9. The topological polar surface area (TPSA) is 96.2 Å². The molecule has 0 bridgehead atoms. The molecule has 0 aromatic heterocycles. The van der Waals surface area contributed by atoms with Gasteiger partial charge in [0, 0.05) is 29.4 Å². The maximum atomic E-state index is 13.5. The van der Waals surface area contributed by atoms with Crippen LogP contribution in [0, 0.1) is 0 Å². The molecule has 12 heteroatoms. The van der Waals surface area contributed by atoms with Crippen molar-refractivity contribution in [1.29, 1.82) is 0 Å². The first kappa shape index (κ1) is 25.8. The van der Waals surface area contributed by atoms with E-state index in [9.17, 15) is 9.59 Å². The number of thioether (sulfide) groups is 2. The number of methoxy groups -OCH3 is 2. The highest BCUT2D eigenvalue weighted by Crippen LogP contribution is 2.42. The Morgan fingerprint density at radius 1 is 1.16 bits per heavy atom. The van der Waals surface area contributed by atoms with Crippen LogP contribution in [0.25, 0.3) is 0 Å². The zero-order chi connectivity index (χ0) is 25.9. The molecular formula is C25H24BrN5O4S2. The number of fused-ring (bicyclic) bond motifs is 1. The third-order valence-electron chi connectivity index (χ3n) is 6.04. The summed E-state index contributed by atoms with van der Waals surface area (Å²) in [5.41, 5.74) is 2.59. The van der Waals surface area contributed by atoms with Crippen molar-refractivity contribution in [1.82, 2.24) is 10.0 Å². The van der Waals surface area contributed by atoms with Crippen LogP contribution in [-0.2, 0) is 9.59 Å². The molecule has 0 unspecified atom stereocenters. The van der Waals surface area contributed by atoms with Gasteiger partial charge < -0.3 is 9.47 Å². The van der Waals surface area contributed by atoms with Gasteiger partial charge in [-0.2, -0.15) is 15.2 Å². The number of hydrogen-bond donors (Lipinski definition) is 0. The first-order valence-electron chi connectivity index (χ1n) is 11.6. The first-order chi connectivity index (χ1) is 18.0. The Morgan fingerprint density at radius 2 is 1.97 bits per heavy atom. The fourth-order valence-corrected chi connectivity index (χ4v) is 6.40. The molecule has 2 aromatic carbocycles. The summed E-state index contributed by atoms with van der Waals surface area (Å²) in [7, 11) is 3.18. The molecule has 0 saturated carbocycles. The monoisotopic (exact) mass is 601 g/mol. The van der Waals surface area contributed by atoms with Crippen LogP contribution in [0.4, 0.5) is 0 Å². The predicted octanol–water partition coefficient (Wildman–Crippen LogP) is 4.87. The van der Waals surface area contributed by atoms with E-state index in [1.165, 1.54) is 23.5 Å². The lowest BCUT2D eigenvalue weighted by Gasteiger charge is -2.24. The summed E-state index contributed by atoms with van der Waals surface area (Å²) in [5, 5.41) is 13.2. The van der Waals surface area contributed by atoms with Gasteiger partial charge in [0.05, 0.1) is 31.7 Å². The molecule has 0 N–H and O–H groups in total. The Kier molecular flexibility index (Phi) is 7.87. The van der Waals surface area contributed by atoms with Crippen LogP contribution >= 0.6 is 39.5 Å². The number of rotatable bonds is 6. The highest BCUT2D eigenvalue weighted by atomic mass is 79.9. The van der Waals surface area contributed by atoms with Crippen molar-refractivity contribution in [3.8, 4) is 11.5 Å². The molecule has 9 nitrogen and oxygen atoms in total. The lowest BCUT2D eigenvalue weighted by molar-refractivity contribution is -0.130. The maximum absolute atomic E-state index is 13.5. The van der Waals surface area contributed by atoms with Gasteiger partial charge in [0.25, 0.3) is 5.91 Å². The van der Waals surface area contributed by atoms with E-state index in [1.54, 1.807) is 24.2 Å². The van der Waals surface area contributed by atoms with Gasteiger partial charge in [-0.25, -0.2) is 10.0 Å². The lowest BCUT2D eigenvalue weighted by atomic mass is 9.97. The molecule has 5 rings (SSSR count). The van der Waals surface area contributed by atoms with Crippen molar-refractivity contribution in [2.75, 3.05) is 26.5 Å². The number of ether oxygens (including phenoxy) is 2. The maximum Gasteiger partial charge on any atom is 0.253 e. The van der Waals surface area contributed by atoms with Crippen LogP contribution < -0.4 is 9.47 Å². The molecule has 2 amide bonds. The number of hydrazone groups is 2. The third kappa shape index (κ3) is 5.55. The fraction of sp³-hybridized carbons (Fsp3) is 0.320. The Labute approximate surface area is 231 Å². The average Bonchev–Trinajstić information content (AvgIpc) is 3.47. The van der Waals surface area contributed by atoms with E-state index < -0.39 is 0 Å². The Hall–Kier alpha value is -2.83. The minimum atomic E-state index is -0.355. The zero-order valence-electron chi connectivity index (χ0n) is 20.2. The van der Waals surface area contributed by atoms with E-state index in [2.05, 4.69) is 26.0 Å². The summed E-state index contributed by atoms with van der Waals surface area (Å²) in [5.74, 6) is 1.03. The number of carbonyl (C=O) groups is 2. The van der Waals surface area contributed by atoms with Crippen molar-refractivity contribution >= 4 is 66.5 Å². The Balaban J connectivity index is 1.39. The molecule has 0 fully saturated rings. The summed E-state index contributed by atoms with van der Waals surface area (Å²) in [6.07, 6.45) is 1.67. The van der Waals surface area contributed by atoms with E-state index in [4.69, 9.17) is 14.6 Å². The molecule has 0 saturated heterocycles. The molecule has 0 spiro atoms. The summed E-state index contributed by atoms with van der Waals surface area (Å²) >= 11 is 6.12. The number of amidine groups is 1. The predicted molar refractivity (Wildman–Crippen MR) is 150 cm³/mol. The van der Waals surface area contributed by atoms with Crippen molar-refractivity contribution in [2.24, 2.45) is 15.2 Å². The van der Waals surface area contributed by atoms with Gasteiger partial charge in [0.1, 0.15) is 0 Å². The quantitative estimate of drug-likeness (QED) is 0.466. The number of nitrogens with zero attached hydrogens (tertiary/aromatic N) is 5. The molecule has 3 aliphatic rings. The van der Waals surface area contributed by atoms with Crippen LogP contribution in [0.3, 0.4) is 0 Å². The minimum absolute atomic E-state index is 0.135. The SMILES string of the molecule is COc1cccc([C@@H]2CC(c3ccc(Br)cc3)=NN2C(=O)CSC2=NN3CCCC(=O)N=C3S2)c1OC. The van der Waals surface area contributed by atoms with Gasteiger partial charge in [-0.15, -0.1) is 0 Å². The van der Waals surface area contributed by atoms with E-state index in [1.807, 2.05) is 42.5 Å². The zero-order valence-corrected chi connectivity index (χ0v) is 23.4. The number of benzene rings is 2. The summed E-state index contributed by atoms with van der Waals surface area (Å²) < 4.78 is 12.8. The Bertz CT molecular complexity index is 1310. The van der Waals surface area contributed by atoms with E-state index in [0.29, 0.717) is 46.8 Å². The van der Waals surface area contributed by atoms with Gasteiger partial charge >= 0.3 is 0 Å². The standard InChI is InChI=1S/C25H24BrN5O4S2/c1-34-20-6-3-5-17(23(20)35-2)19-13-18(15-8-10-16(26)11-9-15)28-31(19)22(33)14-36-25-29-30-12-4-7-21(32)27-24(30)37-25/h3,5-6,8-11,19H,4,7,12-14H2,1-2H3/t19-/m0/s1. The molecule has 37 heavy (non-hydrogen) atoms. The average molecular weight is 603 g/mol. The second-order valence-electron chi connectivity index (χ2n) is 8.37. The van der Waals surface area contributed by atoms with Crippen molar-refractivity contribution in [2.45, 2.75) is 25.3 Å². The highest BCUT2D eigenvalue weighted by Gasteiger charge is 2.36. The smallest absolute Gasteiger partial charge is 0.253 e. The summed E-state index contributed by atoms with van der Waals surface area (Å²) in [6, 6.07) is 13.2. The van der Waals surface area contributed by atoms with Crippen LogP contribution in [0.15, 0.2) is 62.1 Å². The number of carbonyl (C=O) groups excluding carboxylic acids is 2. The summed E-state index contributed by atoms with van der Waals surface area (Å²) in [6.45, 7) is 0.639. The van der Waals surface area contributed by atoms with Crippen molar-refractivity contribution in [3.63, 3.8) is 0 Å². The molecule has 0 aliphatic carbocycles. The summed E-state index contributed by atoms with van der Waals surface area (Å²) in [4.78, 5) is 29.5. The van der Waals surface area contributed by atoms with E-state index in [0.717, 1.165) is 21.3 Å². The second kappa shape index (κ2) is 11.3. The van der Waals surface area contributed by atoms with Crippen LogP contribution in [-0.4, -0.2) is 63.6 Å². The molecule has 192 valence electrons. The molecule has 2 aromatic rings. The van der Waals surface area contributed by atoms with Crippen LogP contribution in [0.5, 0.6) is 11.5 Å². The highest BCUT2D eigenvalue weighted by molar-refractivity contribution is 9.10. The number of amides is 2. The molecule has 0 radical (unpaired) electrons. The van der Waals surface area contributed by atoms with Crippen molar-refractivity contribution in [3.05, 3.63) is 58.1 Å². The second-order valence-corrected chi connectivity index (χ2v) is 11.5. The van der Waals surface area contributed by atoms with Gasteiger partial charge in [-0.1, -0.05) is 52.0 Å². The fourth-order valence-electron chi connectivity index (χ4n) is 4.28. The molecular weight excluding hydrogens is 578 g/mol. The van der Waals surface area contributed by atoms with Gasteiger partial charge in [-0.3, -0.25) is 9.59 Å². The number of para-hydroxylation sites is 1.